The molecule has 9 heteroatoms. The van der Waals surface area contributed by atoms with Gasteiger partial charge < -0.3 is 19.4 Å². The summed E-state index contributed by atoms with van der Waals surface area (Å²) in [5.41, 5.74) is 2.32. The lowest BCUT2D eigenvalue weighted by molar-refractivity contribution is -0.384. The predicted octanol–water partition coefficient (Wildman–Crippen LogP) is 3.52. The first-order chi connectivity index (χ1) is 15.4. The second-order valence-electron chi connectivity index (χ2n) is 7.53. The number of amides is 1. The molecule has 4 rings (SSSR count). The van der Waals surface area contributed by atoms with Crippen LogP contribution in [0.5, 0.6) is 5.75 Å². The molecule has 0 saturated heterocycles. The van der Waals surface area contributed by atoms with Gasteiger partial charge in [0.2, 0.25) is 11.2 Å². The molecule has 1 aliphatic heterocycles. The highest BCUT2D eigenvalue weighted by Gasteiger charge is 2.26. The number of nitrogens with one attached hydrogen (secondary N) is 1. The van der Waals surface area contributed by atoms with Crippen LogP contribution in [-0.2, 0) is 17.8 Å². The molecule has 164 valence electrons. The number of carbonyl (C=O) groups is 1. The standard InChI is InChI=1S/C23H21N3O6/c1-15-10-16-4-2-3-5-20(16)25(15)12-19-11-21(27)22(13-31-19)32-14-23(28)24-17-6-8-18(9-7-17)26(29)30/h2-9,11,13,15H,10,12,14H2,1H3,(H,24,28)/t15-/m1/s1. The molecule has 1 N–H and O–H groups in total. The van der Waals surface area contributed by atoms with Crippen molar-refractivity contribution in [2.45, 2.75) is 25.9 Å². The number of nitro benzene ring substituents is 1. The summed E-state index contributed by atoms with van der Waals surface area (Å²) < 4.78 is 10.9. The van der Waals surface area contributed by atoms with Crippen LogP contribution in [-0.4, -0.2) is 23.5 Å². The highest BCUT2D eigenvalue weighted by molar-refractivity contribution is 5.91. The fraction of sp³-hybridized carbons (Fsp3) is 0.217. The first-order valence-corrected chi connectivity index (χ1v) is 10.0. The van der Waals surface area contributed by atoms with Crippen LogP contribution in [0, 0.1) is 10.1 Å². The Hall–Kier alpha value is -4.14. The highest BCUT2D eigenvalue weighted by Crippen LogP contribution is 2.33. The van der Waals surface area contributed by atoms with Gasteiger partial charge in [0, 0.05) is 35.6 Å². The predicted molar refractivity (Wildman–Crippen MR) is 118 cm³/mol. The normalized spacial score (nSPS) is 14.7. The number of rotatable bonds is 7. The number of nitro groups is 1. The minimum Gasteiger partial charge on any atom is -0.477 e. The topological polar surface area (TPSA) is 115 Å². The van der Waals surface area contributed by atoms with Crippen LogP contribution in [0.15, 0.2) is 70.1 Å². The average Bonchev–Trinajstić information content (AvgIpc) is 3.08. The van der Waals surface area contributed by atoms with Gasteiger partial charge in [-0.15, -0.1) is 0 Å². The van der Waals surface area contributed by atoms with Crippen molar-refractivity contribution in [2.75, 3.05) is 16.8 Å². The number of nitrogens with zero attached hydrogens (tertiary/aromatic N) is 2. The van der Waals surface area contributed by atoms with Crippen molar-refractivity contribution >= 4 is 23.0 Å². The van der Waals surface area contributed by atoms with E-state index in [1.807, 2.05) is 12.1 Å². The molecular formula is C23H21N3O6. The molecule has 9 nitrogen and oxygen atoms in total. The molecule has 0 spiro atoms. The van der Waals surface area contributed by atoms with Crippen molar-refractivity contribution in [3.63, 3.8) is 0 Å². The molecule has 2 aromatic carbocycles. The summed E-state index contributed by atoms with van der Waals surface area (Å²) in [6, 6.07) is 15.2. The quantitative estimate of drug-likeness (QED) is 0.446. The summed E-state index contributed by atoms with van der Waals surface area (Å²) in [6.45, 7) is 2.17. The lowest BCUT2D eigenvalue weighted by Crippen LogP contribution is -2.29. The molecule has 3 aromatic rings. The lowest BCUT2D eigenvalue weighted by atomic mass is 10.1. The van der Waals surface area contributed by atoms with E-state index in [0.717, 1.165) is 12.1 Å². The second kappa shape index (κ2) is 8.93. The molecule has 1 atom stereocenters. The van der Waals surface area contributed by atoms with Crippen LogP contribution in [0.2, 0.25) is 0 Å². The number of hydrogen-bond donors (Lipinski definition) is 1. The number of hydrogen-bond acceptors (Lipinski definition) is 7. The van der Waals surface area contributed by atoms with Gasteiger partial charge in [-0.3, -0.25) is 19.7 Å². The number of benzene rings is 2. The van der Waals surface area contributed by atoms with Gasteiger partial charge in [-0.1, -0.05) is 18.2 Å². The Balaban J connectivity index is 1.35. The zero-order valence-electron chi connectivity index (χ0n) is 17.3. The van der Waals surface area contributed by atoms with Gasteiger partial charge in [0.05, 0.1) is 11.5 Å². The highest BCUT2D eigenvalue weighted by atomic mass is 16.6. The number of non-ortho nitro benzene ring substituents is 1. The molecule has 1 aromatic heterocycles. The molecule has 32 heavy (non-hydrogen) atoms. The Bertz CT molecular complexity index is 1200. The van der Waals surface area contributed by atoms with Gasteiger partial charge in [0.15, 0.2) is 6.61 Å². The van der Waals surface area contributed by atoms with Crippen molar-refractivity contribution in [1.82, 2.24) is 0 Å². The molecular weight excluding hydrogens is 414 g/mol. The summed E-state index contributed by atoms with van der Waals surface area (Å²) in [5, 5.41) is 13.2. The minimum atomic E-state index is -0.527. The monoisotopic (exact) mass is 435 g/mol. The third kappa shape index (κ3) is 4.61. The number of fused-ring (bicyclic) bond motifs is 1. The Morgan fingerprint density at radius 3 is 2.72 bits per heavy atom. The fourth-order valence-corrected chi connectivity index (χ4v) is 3.67. The first-order valence-electron chi connectivity index (χ1n) is 10.0. The van der Waals surface area contributed by atoms with Crippen LogP contribution in [0.3, 0.4) is 0 Å². The van der Waals surface area contributed by atoms with Crippen LogP contribution < -0.4 is 20.4 Å². The Kier molecular flexibility index (Phi) is 5.89. The van der Waals surface area contributed by atoms with E-state index in [1.165, 1.54) is 42.2 Å². The largest absolute Gasteiger partial charge is 0.477 e. The molecule has 0 radical (unpaired) electrons. The molecule has 2 heterocycles. The van der Waals surface area contributed by atoms with Gasteiger partial charge >= 0.3 is 0 Å². The summed E-state index contributed by atoms with van der Waals surface area (Å²) in [4.78, 5) is 36.8. The van der Waals surface area contributed by atoms with Crippen LogP contribution in [0.4, 0.5) is 17.1 Å². The number of ether oxygens (including phenoxy) is 1. The van der Waals surface area contributed by atoms with Crippen molar-refractivity contribution in [1.29, 1.82) is 0 Å². The van der Waals surface area contributed by atoms with Gasteiger partial charge in [0.1, 0.15) is 12.0 Å². The van der Waals surface area contributed by atoms with E-state index in [9.17, 15) is 19.7 Å². The first kappa shape index (κ1) is 21.1. The maximum atomic E-state index is 12.4. The van der Waals surface area contributed by atoms with Crippen LogP contribution >= 0.6 is 0 Å². The molecule has 0 fully saturated rings. The van der Waals surface area contributed by atoms with Gasteiger partial charge in [-0.05, 0) is 37.1 Å². The maximum Gasteiger partial charge on any atom is 0.269 e. The Morgan fingerprint density at radius 1 is 1.25 bits per heavy atom. The minimum absolute atomic E-state index is 0.0672. The van der Waals surface area contributed by atoms with E-state index in [2.05, 4.69) is 29.3 Å². The number of carbonyl (C=O) groups excluding carboxylic acids is 1. The zero-order valence-corrected chi connectivity index (χ0v) is 17.3. The summed E-state index contributed by atoms with van der Waals surface area (Å²) in [7, 11) is 0. The van der Waals surface area contributed by atoms with Crippen molar-refractivity contribution < 1.29 is 18.9 Å². The molecule has 0 aliphatic carbocycles. The van der Waals surface area contributed by atoms with Crippen LogP contribution in [0.1, 0.15) is 18.2 Å². The molecule has 0 unspecified atom stereocenters. The Labute approximate surface area is 183 Å². The second-order valence-corrected chi connectivity index (χ2v) is 7.53. The van der Waals surface area contributed by atoms with E-state index < -0.39 is 17.4 Å². The SMILES string of the molecule is C[C@@H]1Cc2ccccc2N1Cc1cc(=O)c(OCC(=O)Nc2ccc([N+](=O)[O-])cc2)co1. The summed E-state index contributed by atoms with van der Waals surface area (Å²) in [6.07, 6.45) is 2.15. The van der Waals surface area contributed by atoms with E-state index in [1.54, 1.807) is 0 Å². The van der Waals surface area contributed by atoms with Gasteiger partial charge in [-0.2, -0.15) is 0 Å². The lowest BCUT2D eigenvalue weighted by Gasteiger charge is -2.24. The zero-order chi connectivity index (χ0) is 22.7. The molecule has 1 amide bonds. The van der Waals surface area contributed by atoms with E-state index in [4.69, 9.17) is 9.15 Å². The van der Waals surface area contributed by atoms with E-state index >= 15 is 0 Å². The van der Waals surface area contributed by atoms with Crippen molar-refractivity contribution in [2.24, 2.45) is 0 Å². The smallest absolute Gasteiger partial charge is 0.269 e. The van der Waals surface area contributed by atoms with Gasteiger partial charge in [0.25, 0.3) is 11.6 Å². The third-order valence-electron chi connectivity index (χ3n) is 5.25. The van der Waals surface area contributed by atoms with Gasteiger partial charge in [-0.25, -0.2) is 0 Å². The van der Waals surface area contributed by atoms with Crippen molar-refractivity contribution in [3.05, 3.63) is 92.5 Å². The summed E-state index contributed by atoms with van der Waals surface area (Å²) in [5.74, 6) is -0.0754. The molecule has 1 aliphatic rings. The van der Waals surface area contributed by atoms with Crippen LogP contribution in [0.25, 0.3) is 0 Å². The third-order valence-corrected chi connectivity index (χ3v) is 5.25. The summed E-state index contributed by atoms with van der Waals surface area (Å²) >= 11 is 0. The Morgan fingerprint density at radius 2 is 2.00 bits per heavy atom. The molecule has 0 saturated carbocycles. The van der Waals surface area contributed by atoms with Crippen molar-refractivity contribution in [3.8, 4) is 5.75 Å². The number of anilines is 2. The number of para-hydroxylation sites is 1. The maximum absolute atomic E-state index is 12.4. The van der Waals surface area contributed by atoms with E-state index in [-0.39, 0.29) is 22.9 Å². The molecule has 0 bridgehead atoms. The average molecular weight is 435 g/mol. The van der Waals surface area contributed by atoms with E-state index in [0.29, 0.717) is 18.0 Å². The fourth-order valence-electron chi connectivity index (χ4n) is 3.67.